The fraction of sp³-hybridized carbons (Fsp3) is 0.500. The Morgan fingerprint density at radius 1 is 1.07 bits per heavy atom. The molecule has 1 spiro atoms. The van der Waals surface area contributed by atoms with Crippen LogP contribution in [-0.2, 0) is 11.3 Å². The van der Waals surface area contributed by atoms with Crippen molar-refractivity contribution in [3.8, 4) is 0 Å². The lowest BCUT2D eigenvalue weighted by Crippen LogP contribution is -2.54. The molecule has 2 saturated heterocycles. The molecular weight excluding hydrogens is 360 g/mol. The average molecular weight is 391 g/mol. The van der Waals surface area contributed by atoms with Crippen LogP contribution < -0.4 is 5.73 Å². The predicted molar refractivity (Wildman–Crippen MR) is 114 cm³/mol. The number of nitrogens with two attached hydrogens (primary N) is 1. The van der Waals surface area contributed by atoms with Gasteiger partial charge in [-0.3, -0.25) is 9.69 Å². The Kier molecular flexibility index (Phi) is 4.78. The maximum absolute atomic E-state index is 13.3. The summed E-state index contributed by atoms with van der Waals surface area (Å²) in [6, 6.07) is 14.9. The normalized spacial score (nSPS) is 24.8. The quantitative estimate of drug-likeness (QED) is 0.869. The molecular formula is C24H30N4O. The van der Waals surface area contributed by atoms with E-state index in [-0.39, 0.29) is 11.3 Å². The van der Waals surface area contributed by atoms with E-state index in [1.165, 1.54) is 18.4 Å². The van der Waals surface area contributed by atoms with Crippen LogP contribution in [0.2, 0.25) is 0 Å². The highest BCUT2D eigenvalue weighted by atomic mass is 16.2. The monoisotopic (exact) mass is 390 g/mol. The van der Waals surface area contributed by atoms with E-state index in [1.807, 2.05) is 12.1 Å². The summed E-state index contributed by atoms with van der Waals surface area (Å²) in [6.45, 7) is 3.93. The molecule has 5 heteroatoms. The number of carbonyl (C=O) groups excluding carboxylic acids is 1. The number of anilines is 1. The van der Waals surface area contributed by atoms with Crippen LogP contribution in [0.3, 0.4) is 0 Å². The van der Waals surface area contributed by atoms with Gasteiger partial charge in [0.2, 0.25) is 5.91 Å². The smallest absolute Gasteiger partial charge is 0.230 e. The van der Waals surface area contributed by atoms with Crippen LogP contribution in [0.4, 0.5) is 5.82 Å². The van der Waals surface area contributed by atoms with Crippen LogP contribution in [0.25, 0.3) is 0 Å². The topological polar surface area (TPSA) is 62.5 Å². The first-order chi connectivity index (χ1) is 14.1. The minimum atomic E-state index is 0.0195. The highest BCUT2D eigenvalue weighted by Gasteiger charge is 2.49. The molecule has 29 heavy (non-hydrogen) atoms. The van der Waals surface area contributed by atoms with E-state index >= 15 is 0 Å². The minimum Gasteiger partial charge on any atom is -0.383 e. The van der Waals surface area contributed by atoms with Gasteiger partial charge in [-0.05, 0) is 62.2 Å². The largest absolute Gasteiger partial charge is 0.383 e. The van der Waals surface area contributed by atoms with Gasteiger partial charge in [0.1, 0.15) is 5.82 Å². The van der Waals surface area contributed by atoms with Gasteiger partial charge in [-0.15, -0.1) is 0 Å². The van der Waals surface area contributed by atoms with E-state index in [9.17, 15) is 4.79 Å². The van der Waals surface area contributed by atoms with E-state index in [4.69, 9.17) is 5.73 Å². The average Bonchev–Trinajstić information content (AvgIpc) is 3.59. The Labute approximate surface area is 172 Å². The number of piperidine rings is 2. The van der Waals surface area contributed by atoms with E-state index in [0.717, 1.165) is 51.0 Å². The molecule has 1 amide bonds. The second-order valence-corrected chi connectivity index (χ2v) is 9.19. The number of nitrogen functional groups attached to an aromatic ring is 1. The SMILES string of the molecule is Nc1ncccc1CN1CCC2(CC1)C[C@H](c1ccccc1)C(=O)N(C1CC1)C2. The number of hydrogen-bond donors (Lipinski definition) is 1. The molecule has 5 nitrogen and oxygen atoms in total. The summed E-state index contributed by atoms with van der Waals surface area (Å²) in [6.07, 6.45) is 7.38. The summed E-state index contributed by atoms with van der Waals surface area (Å²) in [7, 11) is 0. The highest BCUT2D eigenvalue weighted by molar-refractivity contribution is 5.85. The summed E-state index contributed by atoms with van der Waals surface area (Å²) >= 11 is 0. The third-order valence-electron chi connectivity index (χ3n) is 7.15. The summed E-state index contributed by atoms with van der Waals surface area (Å²) in [5.41, 5.74) is 8.60. The number of aromatic nitrogens is 1. The van der Waals surface area contributed by atoms with Gasteiger partial charge in [0, 0.05) is 30.9 Å². The zero-order valence-corrected chi connectivity index (χ0v) is 17.0. The van der Waals surface area contributed by atoms with E-state index in [0.29, 0.717) is 17.8 Å². The lowest BCUT2D eigenvalue weighted by Gasteiger charge is -2.50. The second kappa shape index (κ2) is 7.45. The van der Waals surface area contributed by atoms with Crippen LogP contribution in [0.1, 0.15) is 49.1 Å². The van der Waals surface area contributed by atoms with E-state index < -0.39 is 0 Å². The predicted octanol–water partition coefficient (Wildman–Crippen LogP) is 3.42. The molecule has 0 unspecified atom stereocenters. The molecule has 0 radical (unpaired) electrons. The third kappa shape index (κ3) is 3.76. The van der Waals surface area contributed by atoms with Crippen molar-refractivity contribution in [3.63, 3.8) is 0 Å². The zero-order chi connectivity index (χ0) is 19.8. The molecule has 152 valence electrons. The molecule has 3 fully saturated rings. The van der Waals surface area contributed by atoms with Crippen molar-refractivity contribution in [1.82, 2.24) is 14.8 Å². The fourth-order valence-corrected chi connectivity index (χ4v) is 5.24. The van der Waals surface area contributed by atoms with Crippen molar-refractivity contribution in [2.45, 2.75) is 50.6 Å². The maximum Gasteiger partial charge on any atom is 0.230 e. The molecule has 1 aromatic heterocycles. The molecule has 5 rings (SSSR count). The number of nitrogens with zero attached hydrogens (tertiary/aromatic N) is 3. The van der Waals surface area contributed by atoms with Crippen molar-refractivity contribution in [3.05, 3.63) is 59.8 Å². The minimum absolute atomic E-state index is 0.0195. The number of likely N-dealkylation sites (tertiary alicyclic amines) is 2. The molecule has 2 aromatic rings. The van der Waals surface area contributed by atoms with Crippen molar-refractivity contribution >= 4 is 11.7 Å². The lowest BCUT2D eigenvalue weighted by molar-refractivity contribution is -0.142. The Bertz CT molecular complexity index is 871. The number of hydrogen-bond acceptors (Lipinski definition) is 4. The molecule has 1 aromatic carbocycles. The summed E-state index contributed by atoms with van der Waals surface area (Å²) in [5.74, 6) is 1.01. The Balaban J connectivity index is 1.32. The summed E-state index contributed by atoms with van der Waals surface area (Å²) < 4.78 is 0. The van der Waals surface area contributed by atoms with E-state index in [1.54, 1.807) is 6.20 Å². The zero-order valence-electron chi connectivity index (χ0n) is 17.0. The van der Waals surface area contributed by atoms with Gasteiger partial charge >= 0.3 is 0 Å². The number of carbonyl (C=O) groups is 1. The first-order valence-electron chi connectivity index (χ1n) is 10.9. The van der Waals surface area contributed by atoms with Gasteiger partial charge in [-0.1, -0.05) is 36.4 Å². The van der Waals surface area contributed by atoms with Crippen LogP contribution in [0.5, 0.6) is 0 Å². The third-order valence-corrected chi connectivity index (χ3v) is 7.15. The first kappa shape index (κ1) is 18.6. The molecule has 1 aliphatic carbocycles. The summed E-state index contributed by atoms with van der Waals surface area (Å²) in [5, 5.41) is 0. The van der Waals surface area contributed by atoms with E-state index in [2.05, 4.69) is 45.1 Å². The van der Waals surface area contributed by atoms with Gasteiger partial charge in [0.15, 0.2) is 0 Å². The highest BCUT2D eigenvalue weighted by Crippen LogP contribution is 2.48. The number of pyridine rings is 1. The van der Waals surface area contributed by atoms with Crippen molar-refractivity contribution in [2.75, 3.05) is 25.4 Å². The van der Waals surface area contributed by atoms with Crippen LogP contribution in [0, 0.1) is 5.41 Å². The Morgan fingerprint density at radius 2 is 1.83 bits per heavy atom. The number of rotatable bonds is 4. The lowest BCUT2D eigenvalue weighted by atomic mass is 9.67. The number of amides is 1. The Morgan fingerprint density at radius 3 is 2.52 bits per heavy atom. The standard InChI is InChI=1S/C24H30N4O/c25-22-19(7-4-12-26-22)16-27-13-10-24(11-14-27)15-21(18-5-2-1-3-6-18)23(29)28(17-24)20-8-9-20/h1-7,12,20-21H,8-11,13-17H2,(H2,25,26)/t21-/m1/s1. The van der Waals surface area contributed by atoms with Crippen molar-refractivity contribution < 1.29 is 4.79 Å². The molecule has 3 heterocycles. The molecule has 1 atom stereocenters. The fourth-order valence-electron chi connectivity index (χ4n) is 5.24. The van der Waals surface area contributed by atoms with Crippen LogP contribution >= 0.6 is 0 Å². The molecule has 2 N–H and O–H groups in total. The van der Waals surface area contributed by atoms with Gasteiger partial charge < -0.3 is 10.6 Å². The summed E-state index contributed by atoms with van der Waals surface area (Å²) in [4.78, 5) is 22.2. The van der Waals surface area contributed by atoms with Crippen LogP contribution in [-0.4, -0.2) is 46.4 Å². The van der Waals surface area contributed by atoms with Crippen LogP contribution in [0.15, 0.2) is 48.7 Å². The van der Waals surface area contributed by atoms with Gasteiger partial charge in [-0.2, -0.15) is 0 Å². The molecule has 1 saturated carbocycles. The molecule has 2 aliphatic heterocycles. The van der Waals surface area contributed by atoms with Gasteiger partial charge in [-0.25, -0.2) is 4.98 Å². The number of benzene rings is 1. The van der Waals surface area contributed by atoms with Gasteiger partial charge in [0.05, 0.1) is 5.92 Å². The molecule has 0 bridgehead atoms. The molecule has 3 aliphatic rings. The van der Waals surface area contributed by atoms with Crippen molar-refractivity contribution in [2.24, 2.45) is 5.41 Å². The van der Waals surface area contributed by atoms with Crippen molar-refractivity contribution in [1.29, 1.82) is 0 Å². The second-order valence-electron chi connectivity index (χ2n) is 9.19. The van der Waals surface area contributed by atoms with Gasteiger partial charge in [0.25, 0.3) is 0 Å². The Hall–Kier alpha value is -2.40. The first-order valence-corrected chi connectivity index (χ1v) is 10.9. The maximum atomic E-state index is 13.3.